The van der Waals surface area contributed by atoms with Crippen LogP contribution in [0.25, 0.3) is 0 Å². The van der Waals surface area contributed by atoms with E-state index in [1.165, 1.54) is 12.1 Å². The zero-order chi connectivity index (χ0) is 12.3. The summed E-state index contributed by atoms with van der Waals surface area (Å²) in [5, 5.41) is 10.5. The molecule has 0 aromatic heterocycles. The first-order chi connectivity index (χ1) is 8.16. The Balaban J connectivity index is 2.26. The van der Waals surface area contributed by atoms with Crippen LogP contribution in [-0.2, 0) is 6.42 Å². The Morgan fingerprint density at radius 1 is 1.12 bits per heavy atom. The fraction of sp³-hybridized carbons (Fsp3) is 0.0769. The fourth-order valence-electron chi connectivity index (χ4n) is 1.61. The van der Waals surface area contributed by atoms with Crippen LogP contribution in [0.4, 0.5) is 10.1 Å². The smallest absolute Gasteiger partial charge is 0.258 e. The van der Waals surface area contributed by atoms with Crippen molar-refractivity contribution in [2.45, 2.75) is 6.42 Å². The van der Waals surface area contributed by atoms with Crippen LogP contribution in [0, 0.1) is 15.9 Å². The Labute approximate surface area is 97.7 Å². The van der Waals surface area contributed by atoms with Gasteiger partial charge in [-0.25, -0.2) is 4.39 Å². The van der Waals surface area contributed by atoms with E-state index in [2.05, 4.69) is 0 Å². The molecule has 86 valence electrons. The Morgan fingerprint density at radius 3 is 2.41 bits per heavy atom. The molecule has 0 aliphatic carbocycles. The summed E-state index contributed by atoms with van der Waals surface area (Å²) in [6.07, 6.45) is 0.435. The van der Waals surface area contributed by atoms with Gasteiger partial charge in [0.25, 0.3) is 5.69 Å². The molecule has 0 amide bonds. The van der Waals surface area contributed by atoms with Gasteiger partial charge in [-0.1, -0.05) is 30.3 Å². The second-order valence-electron chi connectivity index (χ2n) is 3.70. The monoisotopic (exact) mass is 231 g/mol. The van der Waals surface area contributed by atoms with Gasteiger partial charge in [0, 0.05) is 12.5 Å². The molecule has 0 aliphatic rings. The summed E-state index contributed by atoms with van der Waals surface area (Å²) in [5.74, 6) is -0.539. The minimum absolute atomic E-state index is 0.223. The van der Waals surface area contributed by atoms with Crippen LogP contribution in [0.3, 0.4) is 0 Å². The summed E-state index contributed by atoms with van der Waals surface area (Å²) in [4.78, 5) is 9.86. The van der Waals surface area contributed by atoms with Crippen LogP contribution < -0.4 is 0 Å². The number of nitro groups is 1. The first kappa shape index (κ1) is 11.3. The van der Waals surface area contributed by atoms with Gasteiger partial charge in [-0.3, -0.25) is 10.1 Å². The lowest BCUT2D eigenvalue weighted by atomic mass is 10.0. The summed E-state index contributed by atoms with van der Waals surface area (Å²) in [6, 6.07) is 13.1. The van der Waals surface area contributed by atoms with Crippen LogP contribution in [0.2, 0.25) is 0 Å². The molecule has 0 bridgehead atoms. The van der Waals surface area contributed by atoms with Gasteiger partial charge in [0.05, 0.1) is 11.0 Å². The summed E-state index contributed by atoms with van der Waals surface area (Å²) in [6.45, 7) is 0. The molecule has 3 nitrogen and oxygen atoms in total. The number of benzene rings is 2. The van der Waals surface area contributed by atoms with Crippen molar-refractivity contribution in [3.63, 3.8) is 0 Å². The van der Waals surface area contributed by atoms with E-state index in [9.17, 15) is 14.5 Å². The van der Waals surface area contributed by atoms with E-state index in [1.54, 1.807) is 0 Å². The number of halogens is 1. The zero-order valence-corrected chi connectivity index (χ0v) is 8.97. The van der Waals surface area contributed by atoms with Gasteiger partial charge in [0.2, 0.25) is 0 Å². The third-order valence-corrected chi connectivity index (χ3v) is 2.48. The zero-order valence-electron chi connectivity index (χ0n) is 8.97. The molecule has 2 rings (SSSR count). The Hall–Kier alpha value is -2.23. The lowest BCUT2D eigenvalue weighted by Gasteiger charge is -2.03. The van der Waals surface area contributed by atoms with Gasteiger partial charge in [-0.15, -0.1) is 0 Å². The van der Waals surface area contributed by atoms with Gasteiger partial charge in [0.1, 0.15) is 5.82 Å². The standard InChI is InChI=1S/C13H10FNO2/c14-13-9-12(15(16)17)7-6-11(13)8-10-4-2-1-3-5-10/h1-7,9H,8H2. The molecular weight excluding hydrogens is 221 g/mol. The first-order valence-corrected chi connectivity index (χ1v) is 5.13. The molecule has 0 aliphatic heterocycles. The largest absolute Gasteiger partial charge is 0.272 e. The molecule has 2 aromatic rings. The van der Waals surface area contributed by atoms with Crippen molar-refractivity contribution in [1.29, 1.82) is 0 Å². The second-order valence-corrected chi connectivity index (χ2v) is 3.70. The van der Waals surface area contributed by atoms with Gasteiger partial charge in [-0.05, 0) is 17.2 Å². The van der Waals surface area contributed by atoms with Crippen molar-refractivity contribution in [1.82, 2.24) is 0 Å². The number of rotatable bonds is 3. The molecule has 0 saturated carbocycles. The number of nitrogens with zero attached hydrogens (tertiary/aromatic N) is 1. The van der Waals surface area contributed by atoms with E-state index in [4.69, 9.17) is 0 Å². The maximum Gasteiger partial charge on any atom is 0.272 e. The molecule has 17 heavy (non-hydrogen) atoms. The van der Waals surface area contributed by atoms with Crippen LogP contribution in [0.1, 0.15) is 11.1 Å². The van der Waals surface area contributed by atoms with E-state index in [0.29, 0.717) is 12.0 Å². The van der Waals surface area contributed by atoms with Crippen molar-refractivity contribution in [2.75, 3.05) is 0 Å². The molecule has 0 atom stereocenters. The molecule has 0 unspecified atom stereocenters. The Morgan fingerprint density at radius 2 is 1.82 bits per heavy atom. The SMILES string of the molecule is O=[N+]([O-])c1ccc(Cc2ccccc2)c(F)c1. The van der Waals surface area contributed by atoms with Crippen LogP contribution in [0.5, 0.6) is 0 Å². The van der Waals surface area contributed by atoms with Gasteiger partial charge < -0.3 is 0 Å². The third kappa shape index (κ3) is 2.66. The molecule has 0 radical (unpaired) electrons. The molecule has 0 spiro atoms. The minimum atomic E-state index is -0.602. The summed E-state index contributed by atoms with van der Waals surface area (Å²) in [5.41, 5.74) is 1.21. The van der Waals surface area contributed by atoms with Crippen molar-refractivity contribution in [3.05, 3.63) is 75.6 Å². The van der Waals surface area contributed by atoms with Crippen LogP contribution in [-0.4, -0.2) is 4.92 Å². The van der Waals surface area contributed by atoms with Crippen molar-refractivity contribution < 1.29 is 9.31 Å². The number of hydrogen-bond acceptors (Lipinski definition) is 2. The highest BCUT2D eigenvalue weighted by atomic mass is 19.1. The molecule has 4 heteroatoms. The Kier molecular flexibility index (Phi) is 3.14. The first-order valence-electron chi connectivity index (χ1n) is 5.13. The predicted octanol–water partition coefficient (Wildman–Crippen LogP) is 3.32. The van der Waals surface area contributed by atoms with E-state index < -0.39 is 10.7 Å². The van der Waals surface area contributed by atoms with Gasteiger partial charge >= 0.3 is 0 Å². The minimum Gasteiger partial charge on any atom is -0.258 e. The molecular formula is C13H10FNO2. The Bertz CT molecular complexity index is 540. The maximum absolute atomic E-state index is 13.6. The molecule has 0 fully saturated rings. The average Bonchev–Trinajstić information content (AvgIpc) is 2.33. The van der Waals surface area contributed by atoms with Crippen molar-refractivity contribution in [2.24, 2.45) is 0 Å². The van der Waals surface area contributed by atoms with Crippen LogP contribution >= 0.6 is 0 Å². The van der Waals surface area contributed by atoms with E-state index >= 15 is 0 Å². The van der Waals surface area contributed by atoms with E-state index in [0.717, 1.165) is 11.6 Å². The molecule has 0 saturated heterocycles. The average molecular weight is 231 g/mol. The predicted molar refractivity (Wildman–Crippen MR) is 62.3 cm³/mol. The topological polar surface area (TPSA) is 43.1 Å². The summed E-state index contributed by atoms with van der Waals surface area (Å²) < 4.78 is 13.6. The second kappa shape index (κ2) is 4.74. The van der Waals surface area contributed by atoms with Gasteiger partial charge in [-0.2, -0.15) is 0 Å². The van der Waals surface area contributed by atoms with E-state index in [1.807, 2.05) is 30.3 Å². The molecule has 2 aromatic carbocycles. The molecule has 0 heterocycles. The lowest BCUT2D eigenvalue weighted by molar-refractivity contribution is -0.385. The van der Waals surface area contributed by atoms with Crippen molar-refractivity contribution >= 4 is 5.69 Å². The van der Waals surface area contributed by atoms with Crippen molar-refractivity contribution in [3.8, 4) is 0 Å². The normalized spacial score (nSPS) is 10.2. The fourth-order valence-corrected chi connectivity index (χ4v) is 1.61. The van der Waals surface area contributed by atoms with E-state index in [-0.39, 0.29) is 5.69 Å². The quantitative estimate of drug-likeness (QED) is 0.600. The number of nitro benzene ring substituents is 1. The molecule has 0 N–H and O–H groups in total. The summed E-state index contributed by atoms with van der Waals surface area (Å²) in [7, 11) is 0. The number of hydrogen-bond donors (Lipinski definition) is 0. The highest BCUT2D eigenvalue weighted by molar-refractivity contribution is 5.36. The number of non-ortho nitro benzene ring substituents is 1. The lowest BCUT2D eigenvalue weighted by Crippen LogP contribution is -1.95. The maximum atomic E-state index is 13.6. The highest BCUT2D eigenvalue weighted by Crippen LogP contribution is 2.19. The van der Waals surface area contributed by atoms with Gasteiger partial charge in [0.15, 0.2) is 0 Å². The highest BCUT2D eigenvalue weighted by Gasteiger charge is 2.10. The summed E-state index contributed by atoms with van der Waals surface area (Å²) >= 11 is 0. The third-order valence-electron chi connectivity index (χ3n) is 2.48. The van der Waals surface area contributed by atoms with Crippen LogP contribution in [0.15, 0.2) is 48.5 Å².